The van der Waals surface area contributed by atoms with Crippen molar-refractivity contribution >= 4 is 10.0 Å². The van der Waals surface area contributed by atoms with E-state index in [1.165, 1.54) is 5.56 Å². The van der Waals surface area contributed by atoms with E-state index >= 15 is 0 Å². The Bertz CT molecular complexity index is 953. The Labute approximate surface area is 180 Å². The van der Waals surface area contributed by atoms with E-state index in [-0.39, 0.29) is 0 Å². The van der Waals surface area contributed by atoms with E-state index in [4.69, 9.17) is 4.74 Å². The summed E-state index contributed by atoms with van der Waals surface area (Å²) >= 11 is 0. The fourth-order valence-corrected chi connectivity index (χ4v) is 5.61. The summed E-state index contributed by atoms with van der Waals surface area (Å²) in [6, 6.07) is 12.3. The third kappa shape index (κ3) is 5.40. The van der Waals surface area contributed by atoms with Gasteiger partial charge < -0.3 is 4.74 Å². The number of hydrogen-bond donors (Lipinski definition) is 1. The number of nitrogens with zero attached hydrogens (tertiary/aromatic N) is 2. The highest BCUT2D eigenvalue weighted by molar-refractivity contribution is 7.89. The average Bonchev–Trinajstić information content (AvgIpc) is 2.72. The number of methoxy groups -OCH3 is 1. The summed E-state index contributed by atoms with van der Waals surface area (Å²) in [5, 5.41) is 0. The Morgan fingerprint density at radius 3 is 2.23 bits per heavy atom. The van der Waals surface area contributed by atoms with Gasteiger partial charge in [-0.1, -0.05) is 30.3 Å². The third-order valence-electron chi connectivity index (χ3n) is 5.90. The van der Waals surface area contributed by atoms with Crippen LogP contribution in [0.5, 0.6) is 5.75 Å². The first-order valence-corrected chi connectivity index (χ1v) is 11.9. The minimum absolute atomic E-state index is 0.369. The fourth-order valence-electron chi connectivity index (χ4n) is 4.07. The first-order valence-electron chi connectivity index (χ1n) is 10.4. The van der Waals surface area contributed by atoms with Gasteiger partial charge in [0.15, 0.2) is 0 Å². The predicted molar refractivity (Wildman–Crippen MR) is 121 cm³/mol. The van der Waals surface area contributed by atoms with E-state index in [9.17, 15) is 8.42 Å². The molecular formula is C23H33N3O3S. The summed E-state index contributed by atoms with van der Waals surface area (Å²) in [4.78, 5) is 5.14. The molecule has 0 aliphatic carbocycles. The molecule has 0 bridgehead atoms. The molecule has 0 amide bonds. The molecule has 1 saturated heterocycles. The maximum absolute atomic E-state index is 12.9. The summed E-state index contributed by atoms with van der Waals surface area (Å²) in [6.07, 6.45) is 0. The molecule has 3 rings (SSSR count). The molecule has 0 atom stereocenters. The van der Waals surface area contributed by atoms with E-state index < -0.39 is 10.0 Å². The Kier molecular flexibility index (Phi) is 7.52. The van der Waals surface area contributed by atoms with Crippen LogP contribution in [0.3, 0.4) is 0 Å². The lowest BCUT2D eigenvalue weighted by molar-refractivity contribution is 0.129. The molecule has 1 fully saturated rings. The van der Waals surface area contributed by atoms with E-state index in [0.717, 1.165) is 49.6 Å². The number of piperazine rings is 1. The fraction of sp³-hybridized carbons (Fsp3) is 0.478. The molecule has 0 spiro atoms. The van der Waals surface area contributed by atoms with Crippen molar-refractivity contribution in [3.05, 3.63) is 58.7 Å². The SMILES string of the molecule is COc1cc(C)c(S(=O)(=O)NCCN2CCN(Cc3ccccc3)CC2)c(C)c1C. The number of hydrogen-bond acceptors (Lipinski definition) is 5. The molecule has 164 valence electrons. The van der Waals surface area contributed by atoms with Gasteiger partial charge in [-0.2, -0.15) is 0 Å². The molecule has 7 heteroatoms. The van der Waals surface area contributed by atoms with Crippen molar-refractivity contribution in [2.45, 2.75) is 32.2 Å². The van der Waals surface area contributed by atoms with Gasteiger partial charge in [0.25, 0.3) is 0 Å². The summed E-state index contributed by atoms with van der Waals surface area (Å²) in [5.41, 5.74) is 3.64. The monoisotopic (exact) mass is 431 g/mol. The topological polar surface area (TPSA) is 61.9 Å². The molecule has 0 unspecified atom stereocenters. The number of nitrogens with one attached hydrogen (secondary N) is 1. The van der Waals surface area contributed by atoms with E-state index in [1.807, 2.05) is 26.8 Å². The molecule has 0 saturated carbocycles. The second-order valence-corrected chi connectivity index (χ2v) is 9.68. The Hall–Kier alpha value is -1.93. The van der Waals surface area contributed by atoms with Gasteiger partial charge in [-0.25, -0.2) is 13.1 Å². The Balaban J connectivity index is 1.51. The van der Waals surface area contributed by atoms with Crippen LogP contribution in [0.15, 0.2) is 41.3 Å². The van der Waals surface area contributed by atoms with Crippen molar-refractivity contribution in [2.24, 2.45) is 0 Å². The minimum Gasteiger partial charge on any atom is -0.496 e. The van der Waals surface area contributed by atoms with Gasteiger partial charge in [-0.15, -0.1) is 0 Å². The van der Waals surface area contributed by atoms with E-state index in [0.29, 0.717) is 23.5 Å². The molecule has 2 aromatic rings. The lowest BCUT2D eigenvalue weighted by Gasteiger charge is -2.34. The molecule has 1 N–H and O–H groups in total. The third-order valence-corrected chi connectivity index (χ3v) is 7.65. The number of benzene rings is 2. The van der Waals surface area contributed by atoms with Crippen molar-refractivity contribution in [1.82, 2.24) is 14.5 Å². The van der Waals surface area contributed by atoms with Gasteiger partial charge in [-0.05, 0) is 49.1 Å². The van der Waals surface area contributed by atoms with Crippen molar-refractivity contribution in [3.8, 4) is 5.75 Å². The van der Waals surface area contributed by atoms with E-state index in [1.54, 1.807) is 13.2 Å². The smallest absolute Gasteiger partial charge is 0.241 e. The van der Waals surface area contributed by atoms with Crippen molar-refractivity contribution in [1.29, 1.82) is 0 Å². The Morgan fingerprint density at radius 1 is 0.967 bits per heavy atom. The van der Waals surface area contributed by atoms with Crippen molar-refractivity contribution in [3.63, 3.8) is 0 Å². The van der Waals surface area contributed by atoms with Crippen LogP contribution in [0.4, 0.5) is 0 Å². The lowest BCUT2D eigenvalue weighted by atomic mass is 10.1. The number of ether oxygens (including phenoxy) is 1. The average molecular weight is 432 g/mol. The van der Waals surface area contributed by atoms with Crippen LogP contribution in [0.25, 0.3) is 0 Å². The van der Waals surface area contributed by atoms with Gasteiger partial charge in [0, 0.05) is 45.8 Å². The van der Waals surface area contributed by atoms with Gasteiger partial charge in [-0.3, -0.25) is 9.80 Å². The molecule has 0 radical (unpaired) electrons. The molecule has 6 nitrogen and oxygen atoms in total. The highest BCUT2D eigenvalue weighted by Gasteiger charge is 2.23. The summed E-state index contributed by atoms with van der Waals surface area (Å²) in [6.45, 7) is 11.5. The highest BCUT2D eigenvalue weighted by Crippen LogP contribution is 2.30. The van der Waals surface area contributed by atoms with Crippen molar-refractivity contribution in [2.75, 3.05) is 46.4 Å². The van der Waals surface area contributed by atoms with Gasteiger partial charge in [0.05, 0.1) is 12.0 Å². The van der Waals surface area contributed by atoms with E-state index in [2.05, 4.69) is 38.8 Å². The van der Waals surface area contributed by atoms with Crippen LogP contribution in [0.1, 0.15) is 22.3 Å². The van der Waals surface area contributed by atoms with Crippen LogP contribution >= 0.6 is 0 Å². The zero-order chi connectivity index (χ0) is 21.7. The van der Waals surface area contributed by atoms with Gasteiger partial charge >= 0.3 is 0 Å². The molecule has 1 aliphatic heterocycles. The summed E-state index contributed by atoms with van der Waals surface area (Å²) < 4.78 is 34.0. The maximum atomic E-state index is 12.9. The maximum Gasteiger partial charge on any atom is 0.241 e. The standard InChI is InChI=1S/C23H33N3O3S/c1-18-16-22(29-4)19(2)20(3)23(18)30(27,28)24-10-11-25-12-14-26(15-13-25)17-21-8-6-5-7-9-21/h5-9,16,24H,10-15,17H2,1-4H3. The minimum atomic E-state index is -3.56. The summed E-state index contributed by atoms with van der Waals surface area (Å²) in [5.74, 6) is 0.720. The van der Waals surface area contributed by atoms with Crippen molar-refractivity contribution < 1.29 is 13.2 Å². The van der Waals surface area contributed by atoms with Gasteiger partial charge in [0.2, 0.25) is 10.0 Å². The quantitative estimate of drug-likeness (QED) is 0.696. The highest BCUT2D eigenvalue weighted by atomic mass is 32.2. The summed E-state index contributed by atoms with van der Waals surface area (Å²) in [7, 11) is -1.96. The van der Waals surface area contributed by atoms with Crippen LogP contribution in [-0.4, -0.2) is 64.6 Å². The first-order chi connectivity index (χ1) is 14.3. The zero-order valence-corrected chi connectivity index (χ0v) is 19.3. The second-order valence-electron chi connectivity index (χ2n) is 7.98. The predicted octanol–water partition coefficient (Wildman–Crippen LogP) is 2.72. The van der Waals surface area contributed by atoms with Crippen LogP contribution < -0.4 is 9.46 Å². The molecule has 0 aromatic heterocycles. The molecule has 30 heavy (non-hydrogen) atoms. The molecule has 1 aliphatic rings. The first kappa shape index (κ1) is 22.7. The van der Waals surface area contributed by atoms with Crippen LogP contribution in [0.2, 0.25) is 0 Å². The van der Waals surface area contributed by atoms with Crippen LogP contribution in [0, 0.1) is 20.8 Å². The molecule has 2 aromatic carbocycles. The number of aryl methyl sites for hydroxylation is 1. The number of rotatable bonds is 8. The largest absolute Gasteiger partial charge is 0.496 e. The van der Waals surface area contributed by atoms with Gasteiger partial charge in [0.1, 0.15) is 5.75 Å². The number of sulfonamides is 1. The molecular weight excluding hydrogens is 398 g/mol. The van der Waals surface area contributed by atoms with Crippen LogP contribution in [-0.2, 0) is 16.6 Å². The lowest BCUT2D eigenvalue weighted by Crippen LogP contribution is -2.48. The molecule has 1 heterocycles. The zero-order valence-electron chi connectivity index (χ0n) is 18.4. The normalized spacial score (nSPS) is 16.0. The second kappa shape index (κ2) is 9.92. The Morgan fingerprint density at radius 2 is 1.60 bits per heavy atom.